The minimum absolute atomic E-state index is 0.00954. The van der Waals surface area contributed by atoms with Gasteiger partial charge < -0.3 is 14.3 Å². The van der Waals surface area contributed by atoms with Gasteiger partial charge in [0.25, 0.3) is 0 Å². The van der Waals surface area contributed by atoms with Gasteiger partial charge in [-0.15, -0.1) is 0 Å². The number of phenols is 1. The molecule has 4 heteroatoms. The third-order valence-corrected chi connectivity index (χ3v) is 4.10. The molecular formula is C20H14O4. The van der Waals surface area contributed by atoms with E-state index in [0.29, 0.717) is 16.7 Å². The Morgan fingerprint density at radius 1 is 1.00 bits per heavy atom. The second-order valence-corrected chi connectivity index (χ2v) is 5.54. The first-order chi connectivity index (χ1) is 11.7. The summed E-state index contributed by atoms with van der Waals surface area (Å²) in [6.45, 7) is 0. The molecule has 1 N–H and O–H groups in total. The van der Waals surface area contributed by atoms with Gasteiger partial charge in [-0.3, -0.25) is 0 Å². The van der Waals surface area contributed by atoms with Crippen LogP contribution in [0.4, 0.5) is 0 Å². The van der Waals surface area contributed by atoms with Gasteiger partial charge in [0, 0.05) is 10.9 Å². The Labute approximate surface area is 137 Å². The molecule has 0 unspecified atom stereocenters. The number of rotatable bonds is 2. The van der Waals surface area contributed by atoms with E-state index in [1.165, 1.54) is 19.2 Å². The predicted molar refractivity (Wildman–Crippen MR) is 92.2 cm³/mol. The van der Waals surface area contributed by atoms with Crippen LogP contribution in [0.3, 0.4) is 0 Å². The lowest BCUT2D eigenvalue weighted by molar-refractivity contribution is 0.0603. The smallest absolute Gasteiger partial charge is 0.338 e. The maximum Gasteiger partial charge on any atom is 0.338 e. The Balaban J connectivity index is 1.93. The van der Waals surface area contributed by atoms with Crippen LogP contribution >= 0.6 is 0 Å². The standard InChI is InChI=1S/C20H14O4/c1-23-20(22)15-8-9-17(21)19-16(15)11-18(24-19)14-7-6-12-4-2-3-5-13(12)10-14/h2-11,21H,1H3. The lowest BCUT2D eigenvalue weighted by Gasteiger charge is -2.01. The number of hydrogen-bond donors (Lipinski definition) is 1. The zero-order valence-electron chi connectivity index (χ0n) is 12.9. The van der Waals surface area contributed by atoms with E-state index in [4.69, 9.17) is 9.15 Å². The summed E-state index contributed by atoms with van der Waals surface area (Å²) >= 11 is 0. The van der Waals surface area contributed by atoms with Crippen molar-refractivity contribution in [2.24, 2.45) is 0 Å². The topological polar surface area (TPSA) is 59.7 Å². The summed E-state index contributed by atoms with van der Waals surface area (Å²) in [5, 5.41) is 12.8. The molecule has 0 aliphatic carbocycles. The van der Waals surface area contributed by atoms with E-state index < -0.39 is 5.97 Å². The molecule has 4 rings (SSSR count). The molecule has 0 spiro atoms. The molecule has 0 bridgehead atoms. The van der Waals surface area contributed by atoms with Crippen molar-refractivity contribution in [2.45, 2.75) is 0 Å². The zero-order valence-corrected chi connectivity index (χ0v) is 12.9. The number of benzene rings is 3. The third kappa shape index (κ3) is 2.20. The SMILES string of the molecule is COC(=O)c1ccc(O)c2oc(-c3ccc4ccccc4c3)cc12. The molecule has 0 aliphatic heterocycles. The number of carbonyl (C=O) groups excluding carboxylic acids is 1. The largest absolute Gasteiger partial charge is 0.504 e. The normalized spacial score (nSPS) is 11.0. The molecule has 1 heterocycles. The number of fused-ring (bicyclic) bond motifs is 2. The average Bonchev–Trinajstić information content (AvgIpc) is 3.07. The highest BCUT2D eigenvalue weighted by Crippen LogP contribution is 2.36. The Hall–Kier alpha value is -3.27. The predicted octanol–water partition coefficient (Wildman–Crippen LogP) is 4.75. The molecule has 3 aromatic carbocycles. The average molecular weight is 318 g/mol. The van der Waals surface area contributed by atoms with Gasteiger partial charge in [0.15, 0.2) is 11.3 Å². The highest BCUT2D eigenvalue weighted by atomic mass is 16.5. The highest BCUT2D eigenvalue weighted by Gasteiger charge is 2.18. The van der Waals surface area contributed by atoms with Gasteiger partial charge in [0.05, 0.1) is 12.7 Å². The molecule has 1 aromatic heterocycles. The molecule has 24 heavy (non-hydrogen) atoms. The van der Waals surface area contributed by atoms with Crippen LogP contribution in [0.15, 0.2) is 65.1 Å². The van der Waals surface area contributed by atoms with Crippen molar-refractivity contribution in [3.8, 4) is 17.1 Å². The molecule has 0 amide bonds. The van der Waals surface area contributed by atoms with Crippen molar-refractivity contribution in [1.29, 1.82) is 0 Å². The van der Waals surface area contributed by atoms with Crippen molar-refractivity contribution >= 4 is 27.7 Å². The van der Waals surface area contributed by atoms with Crippen LogP contribution in [-0.4, -0.2) is 18.2 Å². The molecule has 0 fully saturated rings. The highest BCUT2D eigenvalue weighted by molar-refractivity contribution is 6.06. The summed E-state index contributed by atoms with van der Waals surface area (Å²) in [5.74, 6) is 0.109. The zero-order chi connectivity index (χ0) is 16.7. The minimum atomic E-state index is -0.467. The number of carbonyl (C=O) groups is 1. The summed E-state index contributed by atoms with van der Waals surface area (Å²) in [6, 6.07) is 18.7. The molecule has 0 radical (unpaired) electrons. The maximum absolute atomic E-state index is 11.9. The van der Waals surface area contributed by atoms with Crippen LogP contribution < -0.4 is 0 Å². The number of esters is 1. The van der Waals surface area contributed by atoms with Crippen molar-refractivity contribution in [1.82, 2.24) is 0 Å². The second kappa shape index (κ2) is 5.42. The lowest BCUT2D eigenvalue weighted by atomic mass is 10.0. The number of furan rings is 1. The number of aromatic hydroxyl groups is 1. The third-order valence-electron chi connectivity index (χ3n) is 4.10. The van der Waals surface area contributed by atoms with Gasteiger partial charge in [0.1, 0.15) is 5.76 Å². The van der Waals surface area contributed by atoms with Crippen LogP contribution in [-0.2, 0) is 4.74 Å². The fraction of sp³-hybridized carbons (Fsp3) is 0.0500. The summed E-state index contributed by atoms with van der Waals surface area (Å²) in [7, 11) is 1.32. The van der Waals surface area contributed by atoms with E-state index in [1.807, 2.05) is 42.5 Å². The van der Waals surface area contributed by atoms with Crippen LogP contribution in [0.2, 0.25) is 0 Å². The van der Waals surface area contributed by atoms with Gasteiger partial charge in [-0.1, -0.05) is 36.4 Å². The van der Waals surface area contributed by atoms with Crippen LogP contribution in [0, 0.1) is 0 Å². The summed E-state index contributed by atoms with van der Waals surface area (Å²) < 4.78 is 10.6. The summed E-state index contributed by atoms with van der Waals surface area (Å²) in [5.41, 5.74) is 1.52. The molecule has 0 saturated heterocycles. The van der Waals surface area contributed by atoms with Gasteiger partial charge in [-0.2, -0.15) is 0 Å². The molecule has 0 atom stereocenters. The number of hydrogen-bond acceptors (Lipinski definition) is 4. The number of ether oxygens (including phenoxy) is 1. The van der Waals surface area contributed by atoms with Crippen LogP contribution in [0.1, 0.15) is 10.4 Å². The number of phenolic OH excluding ortho intramolecular Hbond substituents is 1. The summed E-state index contributed by atoms with van der Waals surface area (Å²) in [6.07, 6.45) is 0. The monoisotopic (exact) mass is 318 g/mol. The van der Waals surface area contributed by atoms with E-state index in [0.717, 1.165) is 16.3 Å². The van der Waals surface area contributed by atoms with E-state index in [9.17, 15) is 9.90 Å². The molecule has 4 nitrogen and oxygen atoms in total. The number of methoxy groups -OCH3 is 1. The molecule has 0 aliphatic rings. The minimum Gasteiger partial charge on any atom is -0.504 e. The Morgan fingerprint density at radius 2 is 1.79 bits per heavy atom. The van der Waals surface area contributed by atoms with E-state index in [-0.39, 0.29) is 11.3 Å². The first kappa shape index (κ1) is 14.3. The molecule has 0 saturated carbocycles. The first-order valence-corrected chi connectivity index (χ1v) is 7.50. The Kier molecular flexibility index (Phi) is 3.24. The second-order valence-electron chi connectivity index (χ2n) is 5.54. The Morgan fingerprint density at radius 3 is 2.58 bits per heavy atom. The molecular weight excluding hydrogens is 304 g/mol. The van der Waals surface area contributed by atoms with Gasteiger partial charge >= 0.3 is 5.97 Å². The van der Waals surface area contributed by atoms with Gasteiger partial charge in [-0.05, 0) is 35.0 Å². The van der Waals surface area contributed by atoms with E-state index in [1.54, 1.807) is 6.07 Å². The maximum atomic E-state index is 11.9. The van der Waals surface area contributed by atoms with Gasteiger partial charge in [-0.25, -0.2) is 4.79 Å². The van der Waals surface area contributed by atoms with E-state index >= 15 is 0 Å². The van der Waals surface area contributed by atoms with Crippen LogP contribution in [0.5, 0.6) is 5.75 Å². The van der Waals surface area contributed by atoms with Crippen molar-refractivity contribution in [2.75, 3.05) is 7.11 Å². The van der Waals surface area contributed by atoms with Crippen molar-refractivity contribution in [3.63, 3.8) is 0 Å². The fourth-order valence-electron chi connectivity index (χ4n) is 2.88. The quantitative estimate of drug-likeness (QED) is 0.542. The summed E-state index contributed by atoms with van der Waals surface area (Å²) in [4.78, 5) is 11.9. The Bertz CT molecular complexity index is 1080. The van der Waals surface area contributed by atoms with Crippen molar-refractivity contribution in [3.05, 3.63) is 66.2 Å². The van der Waals surface area contributed by atoms with E-state index in [2.05, 4.69) is 0 Å². The van der Waals surface area contributed by atoms with Crippen LogP contribution in [0.25, 0.3) is 33.1 Å². The fourth-order valence-corrected chi connectivity index (χ4v) is 2.88. The van der Waals surface area contributed by atoms with Gasteiger partial charge in [0.2, 0.25) is 0 Å². The van der Waals surface area contributed by atoms with Crippen molar-refractivity contribution < 1.29 is 19.1 Å². The molecule has 118 valence electrons. The lowest BCUT2D eigenvalue weighted by Crippen LogP contribution is -2.00. The molecule has 4 aromatic rings. The first-order valence-electron chi connectivity index (χ1n) is 7.50.